The van der Waals surface area contributed by atoms with Gasteiger partial charge in [-0.25, -0.2) is 0 Å². The Hall–Kier alpha value is 0.803. The summed E-state index contributed by atoms with van der Waals surface area (Å²) in [5.74, 6) is 0. The molecular formula is C6H15O2Zr. The molecule has 0 aromatic carbocycles. The third-order valence-corrected chi connectivity index (χ3v) is 5.30. The van der Waals surface area contributed by atoms with Crippen molar-refractivity contribution in [3.05, 3.63) is 0 Å². The Morgan fingerprint density at radius 3 is 2.11 bits per heavy atom. The molecule has 0 aliphatic rings. The summed E-state index contributed by atoms with van der Waals surface area (Å²) in [5.41, 5.74) is 0. The molecule has 55 valence electrons. The second kappa shape index (κ2) is 6.92. The van der Waals surface area contributed by atoms with Crippen LogP contribution >= 0.6 is 0 Å². The van der Waals surface area contributed by atoms with Crippen LogP contribution in [0.15, 0.2) is 0 Å². The molecule has 0 radical (unpaired) electrons. The van der Waals surface area contributed by atoms with E-state index in [1.54, 1.807) is 14.2 Å². The zero-order valence-electron chi connectivity index (χ0n) is 6.44. The van der Waals surface area contributed by atoms with Gasteiger partial charge in [0, 0.05) is 0 Å². The molecule has 0 aliphatic carbocycles. The van der Waals surface area contributed by atoms with Crippen LogP contribution in [0.2, 0.25) is 4.13 Å². The van der Waals surface area contributed by atoms with E-state index in [2.05, 4.69) is 6.92 Å². The Morgan fingerprint density at radius 1 is 1.22 bits per heavy atom. The molecule has 0 rings (SSSR count). The summed E-state index contributed by atoms with van der Waals surface area (Å²) in [5, 5.41) is 0. The minimum absolute atomic E-state index is 1.20. The van der Waals surface area contributed by atoms with Gasteiger partial charge in [0.25, 0.3) is 0 Å². The second-order valence-corrected chi connectivity index (χ2v) is 6.95. The van der Waals surface area contributed by atoms with Crippen LogP contribution in [-0.2, 0) is 28.3 Å². The predicted molar refractivity (Wildman–Crippen MR) is 33.7 cm³/mol. The van der Waals surface area contributed by atoms with Gasteiger partial charge in [0.15, 0.2) is 0 Å². The van der Waals surface area contributed by atoms with E-state index in [-0.39, 0.29) is 0 Å². The van der Waals surface area contributed by atoms with Gasteiger partial charge in [0.05, 0.1) is 0 Å². The minimum atomic E-state index is -1.71. The van der Waals surface area contributed by atoms with Gasteiger partial charge in [-0.05, 0) is 0 Å². The second-order valence-electron chi connectivity index (χ2n) is 1.88. The molecule has 3 heteroatoms. The molecule has 0 fully saturated rings. The molecule has 0 heterocycles. The van der Waals surface area contributed by atoms with E-state index >= 15 is 0 Å². The Kier molecular flexibility index (Phi) is 7.53. The quantitative estimate of drug-likeness (QED) is 0.690. The van der Waals surface area contributed by atoms with Crippen LogP contribution < -0.4 is 0 Å². The number of rotatable bonds is 5. The molecule has 0 saturated carbocycles. The molecule has 0 bridgehead atoms. The first-order valence-corrected chi connectivity index (χ1v) is 7.03. The topological polar surface area (TPSA) is 18.5 Å². The van der Waals surface area contributed by atoms with E-state index in [1.165, 1.54) is 17.0 Å². The van der Waals surface area contributed by atoms with Gasteiger partial charge in [-0.2, -0.15) is 0 Å². The number of hydrogen-bond acceptors (Lipinski definition) is 2. The number of hydrogen-bond donors (Lipinski definition) is 0. The van der Waals surface area contributed by atoms with Crippen LogP contribution in [-0.4, -0.2) is 14.2 Å². The van der Waals surface area contributed by atoms with Crippen molar-refractivity contribution in [3.63, 3.8) is 0 Å². The van der Waals surface area contributed by atoms with Crippen molar-refractivity contribution < 1.29 is 28.3 Å². The van der Waals surface area contributed by atoms with E-state index in [9.17, 15) is 0 Å². The zero-order valence-corrected chi connectivity index (χ0v) is 8.90. The summed E-state index contributed by atoms with van der Waals surface area (Å²) in [4.78, 5) is 0. The fraction of sp³-hybridized carbons (Fsp3) is 1.00. The van der Waals surface area contributed by atoms with E-state index in [1.807, 2.05) is 0 Å². The summed E-state index contributed by atoms with van der Waals surface area (Å²) in [6.45, 7) is 2.19. The fourth-order valence-electron chi connectivity index (χ4n) is 0.609. The monoisotopic (exact) mass is 209 g/mol. The van der Waals surface area contributed by atoms with Crippen molar-refractivity contribution in [2.24, 2.45) is 0 Å². The van der Waals surface area contributed by atoms with Crippen molar-refractivity contribution in [3.8, 4) is 0 Å². The summed E-state index contributed by atoms with van der Waals surface area (Å²) in [7, 11) is 3.52. The first-order chi connectivity index (χ1) is 4.35. The van der Waals surface area contributed by atoms with Crippen LogP contribution in [0.1, 0.15) is 19.8 Å². The van der Waals surface area contributed by atoms with Crippen LogP contribution in [0.4, 0.5) is 0 Å². The van der Waals surface area contributed by atoms with Gasteiger partial charge in [-0.3, -0.25) is 0 Å². The first kappa shape index (κ1) is 9.80. The van der Waals surface area contributed by atoms with Crippen molar-refractivity contribution in [1.29, 1.82) is 0 Å². The summed E-state index contributed by atoms with van der Waals surface area (Å²) >= 11 is -1.71. The van der Waals surface area contributed by atoms with E-state index in [0.29, 0.717) is 0 Å². The SMILES string of the molecule is CCC[CH2][Zr]([O]C)[O]C. The van der Waals surface area contributed by atoms with Gasteiger partial charge in [-0.15, -0.1) is 0 Å². The molecule has 0 saturated heterocycles. The van der Waals surface area contributed by atoms with E-state index in [0.717, 1.165) is 0 Å². The fourth-order valence-corrected chi connectivity index (χ4v) is 3.60. The molecule has 0 aliphatic heterocycles. The third kappa shape index (κ3) is 5.26. The average Bonchev–Trinajstić information content (AvgIpc) is 1.91. The molecule has 0 atom stereocenters. The van der Waals surface area contributed by atoms with Crippen molar-refractivity contribution in [1.82, 2.24) is 0 Å². The molecule has 0 unspecified atom stereocenters. The predicted octanol–water partition coefficient (Wildman–Crippen LogP) is 1.95. The molecule has 9 heavy (non-hydrogen) atoms. The van der Waals surface area contributed by atoms with E-state index < -0.39 is 22.6 Å². The first-order valence-electron chi connectivity index (χ1n) is 3.29. The molecule has 0 aromatic heterocycles. The molecule has 0 N–H and O–H groups in total. The molecular weight excluding hydrogens is 195 g/mol. The molecule has 0 amide bonds. The maximum absolute atomic E-state index is 5.18. The molecule has 0 aromatic rings. The summed E-state index contributed by atoms with van der Waals surface area (Å²) in [6.07, 6.45) is 2.51. The molecule has 2 nitrogen and oxygen atoms in total. The Labute approximate surface area is 66.5 Å². The van der Waals surface area contributed by atoms with Crippen LogP contribution in [0, 0.1) is 0 Å². The van der Waals surface area contributed by atoms with Crippen molar-refractivity contribution >= 4 is 0 Å². The third-order valence-electron chi connectivity index (χ3n) is 1.19. The normalized spacial score (nSPS) is 9.67. The van der Waals surface area contributed by atoms with Gasteiger partial charge in [0.1, 0.15) is 0 Å². The molecule has 0 spiro atoms. The zero-order chi connectivity index (χ0) is 7.11. The van der Waals surface area contributed by atoms with Gasteiger partial charge in [0.2, 0.25) is 0 Å². The van der Waals surface area contributed by atoms with E-state index in [4.69, 9.17) is 5.63 Å². The maximum atomic E-state index is 5.18. The summed E-state index contributed by atoms with van der Waals surface area (Å²) < 4.78 is 11.6. The van der Waals surface area contributed by atoms with Gasteiger partial charge in [-0.1, -0.05) is 0 Å². The van der Waals surface area contributed by atoms with Crippen molar-refractivity contribution in [2.45, 2.75) is 23.9 Å². The number of unbranched alkanes of at least 4 members (excludes halogenated alkanes) is 1. The van der Waals surface area contributed by atoms with Crippen molar-refractivity contribution in [2.75, 3.05) is 14.2 Å². The van der Waals surface area contributed by atoms with Crippen LogP contribution in [0.5, 0.6) is 0 Å². The van der Waals surface area contributed by atoms with Gasteiger partial charge >= 0.3 is 66.4 Å². The Balaban J connectivity index is 3.09. The summed E-state index contributed by atoms with van der Waals surface area (Å²) in [6, 6.07) is 0. The van der Waals surface area contributed by atoms with Gasteiger partial charge < -0.3 is 0 Å². The Morgan fingerprint density at radius 2 is 1.78 bits per heavy atom. The Bertz CT molecular complexity index is 55.0. The van der Waals surface area contributed by atoms with Crippen LogP contribution in [0.25, 0.3) is 0 Å². The standard InChI is InChI=1S/C4H9.2CH3O.Zr/c1-3-4-2;2*1-2;/h1,3-4H2,2H3;2*1H3;/q;2*-1;+2. The van der Waals surface area contributed by atoms with Crippen LogP contribution in [0.3, 0.4) is 0 Å². The average molecular weight is 210 g/mol.